The molecule has 1 aromatic heterocycles. The molecule has 2 heterocycles. The molecule has 1 atom stereocenters. The molecule has 1 aliphatic heterocycles. The number of carbonyl (C=O) groups is 1. The number of carbonyl (C=O) groups excluding carboxylic acids is 1. The summed E-state index contributed by atoms with van der Waals surface area (Å²) < 4.78 is 5.15. The predicted molar refractivity (Wildman–Crippen MR) is 144 cm³/mol. The van der Waals surface area contributed by atoms with E-state index in [1.165, 1.54) is 19.2 Å². The summed E-state index contributed by atoms with van der Waals surface area (Å²) >= 11 is 7.44. The van der Waals surface area contributed by atoms with Gasteiger partial charge in [-0.05, 0) is 0 Å². The Morgan fingerprint density at radius 1 is 1.18 bits per heavy atom. The summed E-state index contributed by atoms with van der Waals surface area (Å²) in [5, 5.41) is 13.3. The van der Waals surface area contributed by atoms with Gasteiger partial charge in [0.1, 0.15) is 0 Å². The molecule has 2 aromatic rings. The molecule has 0 radical (unpaired) electrons. The van der Waals surface area contributed by atoms with Gasteiger partial charge in [-0.15, -0.1) is 0 Å². The van der Waals surface area contributed by atoms with E-state index in [-0.39, 0.29) is 20.3 Å². The van der Waals surface area contributed by atoms with Gasteiger partial charge in [0, 0.05) is 0 Å². The molecule has 1 unspecified atom stereocenters. The normalized spacial score (nSPS) is 20.5. The monoisotopic (exact) mass is 791 g/mol. The first-order chi connectivity index (χ1) is 13.3. The molecule has 0 spiro atoms. The Morgan fingerprint density at radius 2 is 1.93 bits per heavy atom. The van der Waals surface area contributed by atoms with Crippen LogP contribution in [0.2, 0.25) is 12.6 Å². The van der Waals surface area contributed by atoms with Crippen LogP contribution in [0.15, 0.2) is 40.5 Å². The average molecular weight is 790 g/mol. The number of halogens is 3. The van der Waals surface area contributed by atoms with Crippen molar-refractivity contribution in [1.29, 1.82) is 0 Å². The summed E-state index contributed by atoms with van der Waals surface area (Å²) in [4.78, 5) is 17.1. The quantitative estimate of drug-likeness (QED) is 0.261. The molecule has 4 rings (SSSR count). The molecule has 0 saturated carbocycles. The summed E-state index contributed by atoms with van der Waals surface area (Å²) in [5.41, 5.74) is 2.87. The number of aliphatic imine (C=N–C) groups is 1. The fourth-order valence-corrected chi connectivity index (χ4v) is 15.3. The van der Waals surface area contributed by atoms with Crippen LogP contribution in [-0.2, 0) is 4.79 Å². The van der Waals surface area contributed by atoms with Crippen LogP contribution in [0.1, 0.15) is 13.3 Å². The molecule has 0 amide bonds. The molecule has 0 saturated heterocycles. The van der Waals surface area contributed by atoms with Crippen molar-refractivity contribution in [2.45, 2.75) is 25.9 Å². The van der Waals surface area contributed by atoms with Crippen LogP contribution in [0.3, 0.4) is 0 Å². The van der Waals surface area contributed by atoms with Gasteiger partial charge in [0.25, 0.3) is 0 Å². The maximum absolute atomic E-state index is 12.2. The van der Waals surface area contributed by atoms with Crippen molar-refractivity contribution in [2.24, 2.45) is 4.99 Å². The fraction of sp³-hybridized carbons (Fsp3) is 0.200. The molecular weight excluding hydrogens is 774 g/mol. The molecule has 28 heavy (non-hydrogen) atoms. The fourth-order valence-electron chi connectivity index (χ4n) is 4.07. The van der Waals surface area contributed by atoms with Gasteiger partial charge in [0.15, 0.2) is 0 Å². The number of phenolic OH excluding ortho intramolecular Hbond substituents is 1. The van der Waals surface area contributed by atoms with Gasteiger partial charge in [-0.3, -0.25) is 0 Å². The van der Waals surface area contributed by atoms with Crippen LogP contribution >= 0.6 is 67.8 Å². The molecule has 144 valence electrons. The minimum atomic E-state index is -2.23. The third-order valence-electron chi connectivity index (χ3n) is 5.25. The Morgan fingerprint density at radius 3 is 2.57 bits per heavy atom. The molecule has 8 heteroatoms. The van der Waals surface area contributed by atoms with Crippen LogP contribution in [0.5, 0.6) is 5.75 Å². The van der Waals surface area contributed by atoms with Crippen LogP contribution in [0, 0.1) is 9.58 Å². The van der Waals surface area contributed by atoms with E-state index in [2.05, 4.69) is 81.2 Å². The average Bonchev–Trinajstić information content (AvgIpc) is 2.91. The van der Waals surface area contributed by atoms with Gasteiger partial charge in [0.2, 0.25) is 0 Å². The Balaban J connectivity index is 2.10. The number of fused-ring (bicyclic) bond motifs is 2. The first-order valence-electron chi connectivity index (χ1n) is 8.81. The molecule has 3 nitrogen and oxygen atoms in total. The van der Waals surface area contributed by atoms with E-state index < -0.39 is 8.07 Å². The molecule has 1 aromatic carbocycles. The topological polar surface area (TPSA) is 49.7 Å². The summed E-state index contributed by atoms with van der Waals surface area (Å²) in [6.45, 7) is 4.53. The van der Waals surface area contributed by atoms with Gasteiger partial charge >= 0.3 is 214 Å². The van der Waals surface area contributed by atoms with Crippen molar-refractivity contribution < 1.29 is 9.90 Å². The summed E-state index contributed by atoms with van der Waals surface area (Å²) in [6, 6.07) is 4.76. The van der Waals surface area contributed by atoms with Gasteiger partial charge in [-0.1, -0.05) is 0 Å². The molecular formula is C20H16I3NO2SeSi. The number of phenols is 1. The van der Waals surface area contributed by atoms with Crippen molar-refractivity contribution in [1.82, 2.24) is 0 Å². The Kier molecular flexibility index (Phi) is 6.19. The van der Waals surface area contributed by atoms with Crippen molar-refractivity contribution in [3.8, 4) is 15.8 Å². The van der Waals surface area contributed by atoms with Gasteiger partial charge in [-0.2, -0.15) is 0 Å². The van der Waals surface area contributed by atoms with Crippen molar-refractivity contribution in [2.75, 3.05) is 0 Å². The van der Waals surface area contributed by atoms with E-state index in [9.17, 15) is 9.90 Å². The SMILES string of the molecule is CCC[Si]1(C)C2=CC(=O)C=CC2=Nc2ccc(O)c(-c3[se]c(I)c(I)c3I)c21. The number of rotatable bonds is 3. The number of allylic oxidation sites excluding steroid dienone is 4. The number of aromatic hydroxyl groups is 1. The second-order valence-corrected chi connectivity index (χ2v) is 18.3. The predicted octanol–water partition coefficient (Wildman–Crippen LogP) is 5.32. The third-order valence-corrected chi connectivity index (χ3v) is 19.6. The van der Waals surface area contributed by atoms with E-state index >= 15 is 0 Å². The number of nitrogens with zero attached hydrogens (tertiary/aromatic N) is 1. The maximum atomic E-state index is 12.2. The first-order valence-corrected chi connectivity index (χ1v) is 16.5. The van der Waals surface area contributed by atoms with Gasteiger partial charge in [0.05, 0.1) is 0 Å². The number of hydrogen-bond acceptors (Lipinski definition) is 3. The van der Waals surface area contributed by atoms with E-state index in [4.69, 9.17) is 4.99 Å². The first kappa shape index (κ1) is 21.5. The third kappa shape index (κ3) is 3.39. The summed E-state index contributed by atoms with van der Waals surface area (Å²) in [7, 11) is -2.23. The molecule has 2 aliphatic rings. The van der Waals surface area contributed by atoms with Crippen molar-refractivity contribution >= 4 is 113 Å². The van der Waals surface area contributed by atoms with Crippen molar-refractivity contribution in [3.63, 3.8) is 0 Å². The Labute approximate surface area is 212 Å². The summed E-state index contributed by atoms with van der Waals surface area (Å²) in [6.07, 6.45) is 6.30. The second kappa shape index (κ2) is 8.06. The zero-order chi connectivity index (χ0) is 20.2. The van der Waals surface area contributed by atoms with E-state index in [0.717, 1.165) is 34.6 Å². The van der Waals surface area contributed by atoms with Crippen LogP contribution in [0.25, 0.3) is 10.0 Å². The van der Waals surface area contributed by atoms with Crippen molar-refractivity contribution in [3.05, 3.63) is 45.1 Å². The molecule has 0 bridgehead atoms. The number of hydrogen-bond donors (Lipinski definition) is 1. The second-order valence-electron chi connectivity index (χ2n) is 7.06. The van der Waals surface area contributed by atoms with Gasteiger partial charge in [-0.25, -0.2) is 0 Å². The Bertz CT molecular complexity index is 1120. The van der Waals surface area contributed by atoms with Crippen LogP contribution < -0.4 is 5.19 Å². The standard InChI is InChI=1S/C20H16I3NO2SeSi/c1-3-8-28(2)14-9-10(25)4-5-11(14)24-12-6-7-13(26)15(19(12)28)18-16(21)17(22)20(23)27-18/h4-7,9,26H,3,8H2,1-2H3. The number of benzene rings is 1. The molecule has 0 fully saturated rings. The van der Waals surface area contributed by atoms with E-state index in [1.54, 1.807) is 18.2 Å². The summed E-state index contributed by atoms with van der Waals surface area (Å²) in [5.74, 6) is 0.380. The molecule has 1 N–H and O–H groups in total. The van der Waals surface area contributed by atoms with Gasteiger partial charge < -0.3 is 0 Å². The molecule has 1 aliphatic carbocycles. The Hall–Kier alpha value is 0.246. The van der Waals surface area contributed by atoms with Crippen LogP contribution in [0.4, 0.5) is 5.69 Å². The number of ketones is 1. The zero-order valence-corrected chi connectivity index (χ0v) is 24.3. The minimum absolute atomic E-state index is 0.0403. The zero-order valence-electron chi connectivity index (χ0n) is 15.1. The van der Waals surface area contributed by atoms with Crippen LogP contribution in [-0.4, -0.2) is 39.2 Å². The van der Waals surface area contributed by atoms with E-state index in [0.29, 0.717) is 5.75 Å². The van der Waals surface area contributed by atoms with E-state index in [1.807, 2.05) is 12.1 Å².